The number of ether oxygens (including phenoxy) is 2. The van der Waals surface area contributed by atoms with Crippen molar-refractivity contribution in [2.75, 3.05) is 65.7 Å². The Bertz CT molecular complexity index is 681. The van der Waals surface area contributed by atoms with Gasteiger partial charge < -0.3 is 9.47 Å². The maximum atomic E-state index is 5.52. The lowest BCUT2D eigenvalue weighted by Gasteiger charge is -2.31. The van der Waals surface area contributed by atoms with Gasteiger partial charge in [-0.2, -0.15) is 0 Å². The minimum atomic E-state index is 0.599. The summed E-state index contributed by atoms with van der Waals surface area (Å²) in [6.45, 7) is 10.2. The minimum absolute atomic E-state index is 0.599. The van der Waals surface area contributed by atoms with E-state index in [1.165, 1.54) is 42.3 Å². The van der Waals surface area contributed by atoms with Crippen molar-refractivity contribution < 1.29 is 9.47 Å². The topological polar surface area (TPSA) is 24.9 Å². The smallest absolute Gasteiger partial charge is 0.0594 e. The third-order valence-electron chi connectivity index (χ3n) is 6.06. The van der Waals surface area contributed by atoms with E-state index >= 15 is 0 Å². The van der Waals surface area contributed by atoms with E-state index in [2.05, 4.69) is 52.3 Å². The van der Waals surface area contributed by atoms with Crippen LogP contribution in [0.25, 0.3) is 10.8 Å². The van der Waals surface area contributed by atoms with Gasteiger partial charge in [0.15, 0.2) is 0 Å². The molecule has 0 amide bonds. The van der Waals surface area contributed by atoms with Crippen LogP contribution in [-0.4, -0.2) is 75.5 Å². The molecule has 2 saturated heterocycles. The number of benzene rings is 2. The summed E-state index contributed by atoms with van der Waals surface area (Å²) in [5.41, 5.74) is 1.52. The van der Waals surface area contributed by atoms with Crippen LogP contribution < -0.4 is 0 Å². The Kier molecular flexibility index (Phi) is 6.75. The highest BCUT2D eigenvalue weighted by atomic mass is 16.5. The third-order valence-corrected chi connectivity index (χ3v) is 6.06. The lowest BCUT2D eigenvalue weighted by molar-refractivity contribution is 0.0326. The quantitative estimate of drug-likeness (QED) is 0.748. The fraction of sp³-hybridized carbons (Fsp3) is 0.565. The summed E-state index contributed by atoms with van der Waals surface area (Å²) in [5.74, 6) is 0.599. The van der Waals surface area contributed by atoms with E-state index in [9.17, 15) is 0 Å². The SMILES string of the molecule is c1ccc2c(C(CCN3CCOCC3)CCN3CCOCC3)cccc2c1. The number of morpholine rings is 2. The van der Waals surface area contributed by atoms with E-state index in [1.807, 2.05) is 0 Å². The summed E-state index contributed by atoms with van der Waals surface area (Å²) >= 11 is 0. The van der Waals surface area contributed by atoms with Gasteiger partial charge in [-0.05, 0) is 48.2 Å². The Labute approximate surface area is 163 Å². The van der Waals surface area contributed by atoms with Crippen molar-refractivity contribution in [2.45, 2.75) is 18.8 Å². The first-order valence-corrected chi connectivity index (χ1v) is 10.5. The van der Waals surface area contributed by atoms with Crippen molar-refractivity contribution in [1.29, 1.82) is 0 Å². The largest absolute Gasteiger partial charge is 0.379 e. The van der Waals surface area contributed by atoms with Crippen molar-refractivity contribution in [2.24, 2.45) is 0 Å². The van der Waals surface area contributed by atoms with Crippen LogP contribution >= 0.6 is 0 Å². The summed E-state index contributed by atoms with van der Waals surface area (Å²) in [4.78, 5) is 5.13. The van der Waals surface area contributed by atoms with Crippen LogP contribution in [0.5, 0.6) is 0 Å². The van der Waals surface area contributed by atoms with Gasteiger partial charge in [-0.3, -0.25) is 9.80 Å². The molecule has 0 bridgehead atoms. The molecule has 2 fully saturated rings. The Morgan fingerprint density at radius 3 is 1.89 bits per heavy atom. The van der Waals surface area contributed by atoms with Crippen LogP contribution in [-0.2, 0) is 9.47 Å². The summed E-state index contributed by atoms with van der Waals surface area (Å²) in [7, 11) is 0. The molecule has 2 aromatic rings. The van der Waals surface area contributed by atoms with Gasteiger partial charge in [0.25, 0.3) is 0 Å². The minimum Gasteiger partial charge on any atom is -0.379 e. The molecule has 146 valence electrons. The standard InChI is InChI=1S/C23H32N2O2/c1-2-6-22-20(4-1)5-3-7-23(22)21(8-10-24-12-16-26-17-13-24)9-11-25-14-18-27-19-15-25/h1-7,21H,8-19H2. The number of hydrogen-bond acceptors (Lipinski definition) is 4. The zero-order valence-corrected chi connectivity index (χ0v) is 16.3. The molecule has 0 N–H and O–H groups in total. The summed E-state index contributed by atoms with van der Waals surface area (Å²) in [6, 6.07) is 15.7. The highest BCUT2D eigenvalue weighted by molar-refractivity contribution is 5.86. The maximum Gasteiger partial charge on any atom is 0.0594 e. The predicted octanol–water partition coefficient (Wildman–Crippen LogP) is 3.37. The van der Waals surface area contributed by atoms with Gasteiger partial charge in [0.05, 0.1) is 26.4 Å². The monoisotopic (exact) mass is 368 g/mol. The molecule has 0 spiro atoms. The first kappa shape index (κ1) is 18.9. The second-order valence-corrected chi connectivity index (χ2v) is 7.75. The molecule has 0 saturated carbocycles. The average molecular weight is 369 g/mol. The molecule has 0 aliphatic carbocycles. The Balaban J connectivity index is 1.48. The predicted molar refractivity (Wildman–Crippen MR) is 110 cm³/mol. The summed E-state index contributed by atoms with van der Waals surface area (Å²) in [6.07, 6.45) is 2.44. The van der Waals surface area contributed by atoms with Crippen LogP contribution in [0.4, 0.5) is 0 Å². The number of hydrogen-bond donors (Lipinski definition) is 0. The molecule has 27 heavy (non-hydrogen) atoms. The molecule has 0 radical (unpaired) electrons. The van der Waals surface area contributed by atoms with Crippen molar-refractivity contribution in [3.63, 3.8) is 0 Å². The molecular weight excluding hydrogens is 336 g/mol. The van der Waals surface area contributed by atoms with Crippen LogP contribution in [0.1, 0.15) is 24.3 Å². The van der Waals surface area contributed by atoms with Crippen LogP contribution in [0.2, 0.25) is 0 Å². The lowest BCUT2D eigenvalue weighted by Crippen LogP contribution is -2.38. The van der Waals surface area contributed by atoms with E-state index in [0.717, 1.165) is 52.6 Å². The lowest BCUT2D eigenvalue weighted by atomic mass is 9.88. The van der Waals surface area contributed by atoms with E-state index in [1.54, 1.807) is 0 Å². The van der Waals surface area contributed by atoms with Crippen LogP contribution in [0.3, 0.4) is 0 Å². The fourth-order valence-corrected chi connectivity index (χ4v) is 4.39. The maximum absolute atomic E-state index is 5.52. The van der Waals surface area contributed by atoms with Crippen molar-refractivity contribution in [1.82, 2.24) is 9.80 Å². The Morgan fingerprint density at radius 2 is 1.26 bits per heavy atom. The van der Waals surface area contributed by atoms with E-state index in [4.69, 9.17) is 9.47 Å². The second kappa shape index (κ2) is 9.65. The van der Waals surface area contributed by atoms with Crippen LogP contribution in [0.15, 0.2) is 42.5 Å². The van der Waals surface area contributed by atoms with Gasteiger partial charge in [-0.25, -0.2) is 0 Å². The van der Waals surface area contributed by atoms with Gasteiger partial charge in [-0.1, -0.05) is 42.5 Å². The number of rotatable bonds is 7. The van der Waals surface area contributed by atoms with Gasteiger partial charge in [0.1, 0.15) is 0 Å². The zero-order valence-electron chi connectivity index (χ0n) is 16.3. The fourth-order valence-electron chi connectivity index (χ4n) is 4.39. The van der Waals surface area contributed by atoms with E-state index < -0.39 is 0 Å². The average Bonchev–Trinajstić information content (AvgIpc) is 2.75. The number of nitrogens with zero attached hydrogens (tertiary/aromatic N) is 2. The van der Waals surface area contributed by atoms with E-state index in [0.29, 0.717) is 5.92 Å². The Hall–Kier alpha value is -1.46. The highest BCUT2D eigenvalue weighted by Gasteiger charge is 2.19. The zero-order chi connectivity index (χ0) is 18.3. The molecule has 4 rings (SSSR count). The molecule has 2 heterocycles. The summed E-state index contributed by atoms with van der Waals surface area (Å²) in [5, 5.41) is 2.78. The molecule has 2 aromatic carbocycles. The van der Waals surface area contributed by atoms with Crippen LogP contribution in [0, 0.1) is 0 Å². The van der Waals surface area contributed by atoms with Crippen molar-refractivity contribution in [3.05, 3.63) is 48.0 Å². The van der Waals surface area contributed by atoms with Gasteiger partial charge >= 0.3 is 0 Å². The van der Waals surface area contributed by atoms with Crippen molar-refractivity contribution >= 4 is 10.8 Å². The highest BCUT2D eigenvalue weighted by Crippen LogP contribution is 2.31. The second-order valence-electron chi connectivity index (χ2n) is 7.75. The van der Waals surface area contributed by atoms with Gasteiger partial charge in [0.2, 0.25) is 0 Å². The van der Waals surface area contributed by atoms with Crippen molar-refractivity contribution in [3.8, 4) is 0 Å². The first-order chi connectivity index (χ1) is 13.4. The third kappa shape index (κ3) is 5.08. The van der Waals surface area contributed by atoms with E-state index in [-0.39, 0.29) is 0 Å². The molecule has 0 unspecified atom stereocenters. The molecule has 0 atom stereocenters. The normalized spacial score (nSPS) is 19.7. The molecule has 0 aromatic heterocycles. The van der Waals surface area contributed by atoms with Gasteiger partial charge in [0, 0.05) is 26.2 Å². The first-order valence-electron chi connectivity index (χ1n) is 10.5. The molecule has 2 aliphatic heterocycles. The number of fused-ring (bicyclic) bond motifs is 1. The molecular formula is C23H32N2O2. The molecule has 4 nitrogen and oxygen atoms in total. The Morgan fingerprint density at radius 1 is 0.704 bits per heavy atom. The van der Waals surface area contributed by atoms with Gasteiger partial charge in [-0.15, -0.1) is 0 Å². The summed E-state index contributed by atoms with van der Waals surface area (Å²) < 4.78 is 11.0. The molecule has 2 aliphatic rings. The molecule has 4 heteroatoms.